The van der Waals surface area contributed by atoms with Crippen molar-refractivity contribution >= 4 is 75.9 Å². The second kappa shape index (κ2) is 17.2. The molecule has 2 aliphatic heterocycles. The van der Waals surface area contributed by atoms with Crippen molar-refractivity contribution < 1.29 is 53.5 Å². The van der Waals surface area contributed by atoms with E-state index in [0.717, 1.165) is 23.7 Å². The van der Waals surface area contributed by atoms with Gasteiger partial charge >= 0.3 is 17.9 Å². The molecular formula is C29H34N4O11S4. The molecule has 0 spiro atoms. The molecule has 48 heavy (non-hydrogen) atoms. The van der Waals surface area contributed by atoms with E-state index in [-0.39, 0.29) is 52.8 Å². The van der Waals surface area contributed by atoms with E-state index in [9.17, 15) is 39.3 Å². The second-order valence-electron chi connectivity index (χ2n) is 10.2. The third-order valence-electron chi connectivity index (χ3n) is 7.11. The number of esters is 1. The largest absolute Gasteiger partial charge is 0.477 e. The molecule has 260 valence electrons. The zero-order valence-corrected chi connectivity index (χ0v) is 28.9. The van der Waals surface area contributed by atoms with Crippen LogP contribution in [0.1, 0.15) is 9.75 Å². The number of thioether (sulfide) groups is 2. The molecule has 2 aromatic heterocycles. The Labute approximate surface area is 291 Å². The second-order valence-corrected chi connectivity index (χ2v) is 14.5. The van der Waals surface area contributed by atoms with Crippen molar-refractivity contribution in [1.29, 1.82) is 0 Å². The summed E-state index contributed by atoms with van der Waals surface area (Å²) in [6, 6.07) is 7.14. The number of ether oxygens (including phenoxy) is 3. The molecule has 4 heterocycles. The van der Waals surface area contributed by atoms with Crippen LogP contribution in [0.4, 0.5) is 0 Å². The molecule has 0 saturated carbocycles. The van der Waals surface area contributed by atoms with E-state index >= 15 is 0 Å². The first-order valence-corrected chi connectivity index (χ1v) is 18.0. The van der Waals surface area contributed by atoms with Gasteiger partial charge in [0.25, 0.3) is 5.72 Å². The summed E-state index contributed by atoms with van der Waals surface area (Å²) in [6.07, 6.45) is -0.880. The topological polar surface area (TPSA) is 222 Å². The van der Waals surface area contributed by atoms with Crippen molar-refractivity contribution in [3.05, 3.63) is 67.3 Å². The minimum absolute atomic E-state index is 0.00419. The van der Waals surface area contributed by atoms with Crippen LogP contribution in [0.2, 0.25) is 0 Å². The molecule has 0 saturated heterocycles. The number of rotatable bonds is 16. The number of amides is 2. The zero-order chi connectivity index (χ0) is 34.8. The van der Waals surface area contributed by atoms with Crippen molar-refractivity contribution in [2.24, 2.45) is 0 Å². The van der Waals surface area contributed by atoms with Gasteiger partial charge in [-0.2, -0.15) is 0 Å². The number of carboxylic acids is 2. The van der Waals surface area contributed by atoms with E-state index in [1.807, 2.05) is 17.5 Å². The van der Waals surface area contributed by atoms with E-state index in [0.29, 0.717) is 4.88 Å². The fourth-order valence-corrected chi connectivity index (χ4v) is 8.57. The summed E-state index contributed by atoms with van der Waals surface area (Å²) in [6.45, 7) is -1.08. The van der Waals surface area contributed by atoms with Gasteiger partial charge in [0.2, 0.25) is 11.8 Å². The summed E-state index contributed by atoms with van der Waals surface area (Å²) in [5.74, 6) is -4.72. The van der Waals surface area contributed by atoms with Gasteiger partial charge in [0.1, 0.15) is 28.7 Å². The monoisotopic (exact) mass is 742 g/mol. The molecule has 0 fully saturated rings. The average Bonchev–Trinajstić information content (AvgIpc) is 3.79. The van der Waals surface area contributed by atoms with E-state index in [2.05, 4.69) is 21.3 Å². The first-order chi connectivity index (χ1) is 23.0. The lowest BCUT2D eigenvalue weighted by molar-refractivity contribution is -0.176. The normalized spacial score (nSPS) is 19.7. The number of aliphatic hydroxyl groups is 1. The molecule has 7 N–H and O–H groups in total. The molecule has 4 rings (SSSR count). The van der Waals surface area contributed by atoms with E-state index < -0.39 is 59.7 Å². The van der Waals surface area contributed by atoms with Crippen LogP contribution in [0.15, 0.2) is 57.6 Å². The summed E-state index contributed by atoms with van der Waals surface area (Å²) in [5, 5.41) is 42.0. The maximum atomic E-state index is 13.9. The van der Waals surface area contributed by atoms with Crippen LogP contribution < -0.4 is 21.3 Å². The Hall–Kier alpha value is -3.59. The maximum absolute atomic E-state index is 13.9. The van der Waals surface area contributed by atoms with Crippen LogP contribution in [0, 0.1) is 0 Å². The highest BCUT2D eigenvalue weighted by Gasteiger charge is 2.52. The van der Waals surface area contributed by atoms with Gasteiger partial charge in [0.15, 0.2) is 6.23 Å². The Morgan fingerprint density at radius 1 is 0.917 bits per heavy atom. The van der Waals surface area contributed by atoms with Gasteiger partial charge < -0.3 is 50.8 Å². The molecule has 15 nitrogen and oxygen atoms in total. The van der Waals surface area contributed by atoms with Crippen LogP contribution >= 0.6 is 46.2 Å². The van der Waals surface area contributed by atoms with Crippen LogP contribution in [-0.2, 0) is 51.0 Å². The molecule has 2 aromatic rings. The summed E-state index contributed by atoms with van der Waals surface area (Å²) >= 11 is 4.97. The van der Waals surface area contributed by atoms with Gasteiger partial charge in [-0.1, -0.05) is 12.1 Å². The molecule has 19 heteroatoms. The molecular weight excluding hydrogens is 709 g/mol. The molecule has 2 aliphatic rings. The molecule has 4 unspecified atom stereocenters. The lowest BCUT2D eigenvalue weighted by Crippen LogP contribution is -2.67. The van der Waals surface area contributed by atoms with Crippen molar-refractivity contribution in [2.75, 3.05) is 38.9 Å². The fourth-order valence-electron chi connectivity index (χ4n) is 4.71. The molecule has 0 radical (unpaired) electrons. The molecule has 2 amide bonds. The Morgan fingerprint density at radius 2 is 1.52 bits per heavy atom. The number of hydrogen-bond donors (Lipinski definition) is 7. The number of methoxy groups -OCH3 is 2. The summed E-state index contributed by atoms with van der Waals surface area (Å²) in [7, 11) is 2.52. The molecule has 0 bridgehead atoms. The Kier molecular flexibility index (Phi) is 13.3. The van der Waals surface area contributed by atoms with Crippen LogP contribution in [0.5, 0.6) is 0 Å². The molecule has 0 aromatic carbocycles. The first-order valence-electron chi connectivity index (χ1n) is 14.2. The predicted molar refractivity (Wildman–Crippen MR) is 179 cm³/mol. The minimum atomic E-state index is -2.27. The predicted octanol–water partition coefficient (Wildman–Crippen LogP) is 0.680. The maximum Gasteiger partial charge on any atom is 0.363 e. The zero-order valence-electron chi connectivity index (χ0n) is 25.7. The number of carboxylic acid groups (broad SMARTS) is 2. The SMILES string of the molecule is COC(NC(=O)Cc1cccs1)C1NC(C(=O)O)=C(COC(=O)C(NC(=O)Cc2cccs2)(OC)C2NC(C(=O)O)=C(CO)CS2)CS1. The van der Waals surface area contributed by atoms with Crippen molar-refractivity contribution in [2.45, 2.75) is 35.5 Å². The van der Waals surface area contributed by atoms with Crippen molar-refractivity contribution in [1.82, 2.24) is 21.3 Å². The van der Waals surface area contributed by atoms with Gasteiger partial charge in [0, 0.05) is 41.1 Å². The smallest absolute Gasteiger partial charge is 0.363 e. The molecule has 0 aliphatic carbocycles. The third kappa shape index (κ3) is 9.10. The fraction of sp³-hybridized carbons (Fsp3) is 0.414. The standard InChI is InChI=1S/C29H34N4O11S4/c1-42-23(30-19(35)9-17-5-3-7-45-17)24-31-22(26(39)40)16(14-47-24)12-44-28(41)29(43-2,33-20(36)10-18-6-4-8-46-18)27-32-21(25(37)38)15(11-34)13-48-27/h3-8,23-24,27,31-32,34H,9-14H2,1-2H3,(H,30,35)(H,33,36)(H,37,38)(H,39,40). The number of aliphatic carboxylic acids is 2. The molecule has 4 atom stereocenters. The van der Waals surface area contributed by atoms with Crippen molar-refractivity contribution in [3.8, 4) is 0 Å². The van der Waals surface area contributed by atoms with Gasteiger partial charge in [-0.25, -0.2) is 14.4 Å². The number of hydrogen-bond acceptors (Lipinski definition) is 15. The number of nitrogens with one attached hydrogen (secondary N) is 4. The van der Waals surface area contributed by atoms with Crippen LogP contribution in [0.3, 0.4) is 0 Å². The van der Waals surface area contributed by atoms with Gasteiger partial charge in [0.05, 0.1) is 19.4 Å². The highest BCUT2D eigenvalue weighted by molar-refractivity contribution is 8.00. The summed E-state index contributed by atoms with van der Waals surface area (Å²) < 4.78 is 16.6. The van der Waals surface area contributed by atoms with E-state index in [1.165, 1.54) is 41.5 Å². The van der Waals surface area contributed by atoms with Gasteiger partial charge in [-0.05, 0) is 28.5 Å². The van der Waals surface area contributed by atoms with E-state index in [4.69, 9.17) is 14.2 Å². The number of thiophene rings is 2. The third-order valence-corrected chi connectivity index (χ3v) is 11.4. The van der Waals surface area contributed by atoms with E-state index in [1.54, 1.807) is 17.5 Å². The Bertz CT molecular complexity index is 1550. The Balaban J connectivity index is 1.52. The quantitative estimate of drug-likeness (QED) is 0.0929. The number of carbonyl (C=O) groups is 5. The van der Waals surface area contributed by atoms with Crippen molar-refractivity contribution in [3.63, 3.8) is 0 Å². The van der Waals surface area contributed by atoms with Gasteiger partial charge in [-0.3, -0.25) is 9.59 Å². The summed E-state index contributed by atoms with van der Waals surface area (Å²) in [4.78, 5) is 65.4. The first kappa shape index (κ1) is 37.2. The number of aliphatic hydroxyl groups excluding tert-OH is 1. The Morgan fingerprint density at radius 3 is 2.06 bits per heavy atom. The van der Waals surface area contributed by atoms with Gasteiger partial charge in [-0.15, -0.1) is 46.2 Å². The van der Waals surface area contributed by atoms with Crippen LogP contribution in [0.25, 0.3) is 0 Å². The summed E-state index contributed by atoms with van der Waals surface area (Å²) in [5.41, 5.74) is -2.53. The highest BCUT2D eigenvalue weighted by atomic mass is 32.2. The lowest BCUT2D eigenvalue weighted by atomic mass is 10.1. The van der Waals surface area contributed by atoms with Crippen LogP contribution in [-0.4, -0.2) is 107 Å². The minimum Gasteiger partial charge on any atom is -0.477 e. The highest BCUT2D eigenvalue weighted by Crippen LogP contribution is 2.32. The lowest BCUT2D eigenvalue weighted by Gasteiger charge is -2.40. The average molecular weight is 743 g/mol. The number of carbonyl (C=O) groups excluding carboxylic acids is 3.